The maximum Gasteiger partial charge on any atom is 0.264 e. The zero-order valence-corrected chi connectivity index (χ0v) is 12.4. The molecule has 2 rings (SSSR count). The van der Waals surface area contributed by atoms with Gasteiger partial charge in [0.2, 0.25) is 0 Å². The van der Waals surface area contributed by atoms with Crippen molar-refractivity contribution < 1.29 is 12.8 Å². The van der Waals surface area contributed by atoms with E-state index in [1.165, 1.54) is 7.05 Å². The fourth-order valence-corrected chi connectivity index (χ4v) is 3.02. The summed E-state index contributed by atoms with van der Waals surface area (Å²) in [6.45, 7) is 1.90. The van der Waals surface area contributed by atoms with Crippen molar-refractivity contribution in [2.45, 2.75) is 11.8 Å². The van der Waals surface area contributed by atoms with Crippen molar-refractivity contribution in [3.8, 4) is 6.07 Å². The van der Waals surface area contributed by atoms with Gasteiger partial charge in [0.1, 0.15) is 11.9 Å². The average molecular weight is 304 g/mol. The summed E-state index contributed by atoms with van der Waals surface area (Å²) >= 11 is 0. The van der Waals surface area contributed by atoms with Crippen LogP contribution in [0.4, 0.5) is 10.1 Å². The molecule has 0 aliphatic carbocycles. The molecule has 0 unspecified atom stereocenters. The van der Waals surface area contributed by atoms with Crippen LogP contribution in [0.3, 0.4) is 0 Å². The molecule has 0 atom stereocenters. The number of anilines is 1. The van der Waals surface area contributed by atoms with Crippen LogP contribution in [-0.4, -0.2) is 15.5 Å². The van der Waals surface area contributed by atoms with Crippen LogP contribution in [0, 0.1) is 24.1 Å². The Morgan fingerprint density at radius 1 is 1.14 bits per heavy atom. The Kier molecular flexibility index (Phi) is 3.96. The molecule has 0 amide bonds. The number of nitriles is 1. The van der Waals surface area contributed by atoms with Crippen LogP contribution in [0.25, 0.3) is 0 Å². The maximum absolute atomic E-state index is 13.3. The van der Waals surface area contributed by atoms with E-state index < -0.39 is 15.8 Å². The van der Waals surface area contributed by atoms with Gasteiger partial charge in [0.05, 0.1) is 16.1 Å². The predicted octanol–water partition coefficient (Wildman–Crippen LogP) is 2.83. The number of aryl methyl sites for hydroxylation is 1. The molecule has 0 spiro atoms. The third-order valence-corrected chi connectivity index (χ3v) is 4.90. The molecule has 0 heterocycles. The molecule has 0 bridgehead atoms. The molecule has 2 aromatic carbocycles. The van der Waals surface area contributed by atoms with E-state index in [2.05, 4.69) is 0 Å². The van der Waals surface area contributed by atoms with Crippen molar-refractivity contribution in [1.82, 2.24) is 0 Å². The second-order valence-electron chi connectivity index (χ2n) is 4.56. The lowest BCUT2D eigenvalue weighted by Crippen LogP contribution is -2.26. The van der Waals surface area contributed by atoms with Gasteiger partial charge in [-0.05, 0) is 37.3 Å². The van der Waals surface area contributed by atoms with Gasteiger partial charge in [-0.2, -0.15) is 5.26 Å². The SMILES string of the molecule is Cc1ccc(N(C)S(=O)(=O)c2ccc(F)c(C#N)c2)cc1. The number of nitrogens with zero attached hydrogens (tertiary/aromatic N) is 2. The zero-order valence-electron chi connectivity index (χ0n) is 11.5. The molecular formula is C15H13FN2O2S. The van der Waals surface area contributed by atoms with Crippen molar-refractivity contribution in [3.05, 3.63) is 59.4 Å². The molecule has 0 aromatic heterocycles. The van der Waals surface area contributed by atoms with Crippen LogP contribution >= 0.6 is 0 Å². The zero-order chi connectivity index (χ0) is 15.6. The molecule has 0 saturated heterocycles. The van der Waals surface area contributed by atoms with Gasteiger partial charge in [-0.25, -0.2) is 12.8 Å². The fourth-order valence-electron chi connectivity index (χ4n) is 1.80. The Hall–Kier alpha value is -2.39. The number of hydrogen-bond acceptors (Lipinski definition) is 3. The second-order valence-corrected chi connectivity index (χ2v) is 6.53. The van der Waals surface area contributed by atoms with Crippen LogP contribution < -0.4 is 4.31 Å². The molecule has 2 aromatic rings. The summed E-state index contributed by atoms with van der Waals surface area (Å²) in [4.78, 5) is -0.122. The Labute approximate surface area is 123 Å². The van der Waals surface area contributed by atoms with Gasteiger partial charge >= 0.3 is 0 Å². The number of hydrogen-bond donors (Lipinski definition) is 0. The molecule has 0 fully saturated rings. The van der Waals surface area contributed by atoms with Gasteiger partial charge in [-0.15, -0.1) is 0 Å². The van der Waals surface area contributed by atoms with Crippen LogP contribution in [0.2, 0.25) is 0 Å². The van der Waals surface area contributed by atoms with E-state index in [1.807, 2.05) is 6.92 Å². The van der Waals surface area contributed by atoms with Gasteiger partial charge < -0.3 is 0 Å². The molecule has 0 aliphatic heterocycles. The lowest BCUT2D eigenvalue weighted by molar-refractivity contribution is 0.592. The lowest BCUT2D eigenvalue weighted by atomic mass is 10.2. The number of benzene rings is 2. The lowest BCUT2D eigenvalue weighted by Gasteiger charge is -2.19. The number of halogens is 1. The van der Waals surface area contributed by atoms with Crippen LogP contribution in [0.15, 0.2) is 47.4 Å². The molecule has 0 saturated carbocycles. The van der Waals surface area contributed by atoms with E-state index >= 15 is 0 Å². The van der Waals surface area contributed by atoms with E-state index in [1.54, 1.807) is 30.3 Å². The first-order valence-corrected chi connectivity index (χ1v) is 7.55. The van der Waals surface area contributed by atoms with Crippen molar-refractivity contribution in [1.29, 1.82) is 5.26 Å². The van der Waals surface area contributed by atoms with Crippen LogP contribution in [-0.2, 0) is 10.0 Å². The van der Waals surface area contributed by atoms with Gasteiger partial charge in [-0.1, -0.05) is 17.7 Å². The normalized spacial score (nSPS) is 11.0. The molecule has 108 valence electrons. The van der Waals surface area contributed by atoms with Gasteiger partial charge in [-0.3, -0.25) is 4.31 Å². The standard InChI is InChI=1S/C15H13FN2O2S/c1-11-3-5-13(6-4-11)18(2)21(19,20)14-7-8-15(16)12(9-14)10-17/h3-9H,1-2H3. The highest BCUT2D eigenvalue weighted by Gasteiger charge is 2.22. The largest absolute Gasteiger partial charge is 0.269 e. The predicted molar refractivity (Wildman–Crippen MR) is 77.9 cm³/mol. The first-order valence-electron chi connectivity index (χ1n) is 6.11. The highest BCUT2D eigenvalue weighted by Crippen LogP contribution is 2.23. The summed E-state index contributed by atoms with van der Waals surface area (Å²) in [6.07, 6.45) is 0. The Bertz CT molecular complexity index is 809. The van der Waals surface area contributed by atoms with Crippen LogP contribution in [0.5, 0.6) is 0 Å². The van der Waals surface area contributed by atoms with E-state index in [0.717, 1.165) is 28.1 Å². The summed E-state index contributed by atoms with van der Waals surface area (Å²) in [5.41, 5.74) is 1.20. The fraction of sp³-hybridized carbons (Fsp3) is 0.133. The van der Waals surface area contributed by atoms with E-state index in [9.17, 15) is 12.8 Å². The highest BCUT2D eigenvalue weighted by atomic mass is 32.2. The molecule has 21 heavy (non-hydrogen) atoms. The highest BCUT2D eigenvalue weighted by molar-refractivity contribution is 7.92. The summed E-state index contributed by atoms with van der Waals surface area (Å²) in [5, 5.41) is 8.80. The Morgan fingerprint density at radius 2 is 1.76 bits per heavy atom. The van der Waals surface area contributed by atoms with E-state index in [-0.39, 0.29) is 10.5 Å². The second kappa shape index (κ2) is 5.54. The summed E-state index contributed by atoms with van der Waals surface area (Å²) < 4.78 is 39.4. The summed E-state index contributed by atoms with van der Waals surface area (Å²) in [7, 11) is -2.43. The van der Waals surface area contributed by atoms with Crippen LogP contribution in [0.1, 0.15) is 11.1 Å². The van der Waals surface area contributed by atoms with E-state index in [4.69, 9.17) is 5.26 Å². The molecule has 4 nitrogen and oxygen atoms in total. The third kappa shape index (κ3) is 2.88. The minimum Gasteiger partial charge on any atom is -0.269 e. The maximum atomic E-state index is 13.3. The van der Waals surface area contributed by atoms with Crippen molar-refractivity contribution in [2.75, 3.05) is 11.4 Å². The third-order valence-electron chi connectivity index (χ3n) is 3.11. The van der Waals surface area contributed by atoms with Crippen molar-refractivity contribution >= 4 is 15.7 Å². The van der Waals surface area contributed by atoms with Gasteiger partial charge in [0, 0.05) is 7.05 Å². The number of sulfonamides is 1. The Morgan fingerprint density at radius 3 is 2.33 bits per heavy atom. The quantitative estimate of drug-likeness (QED) is 0.876. The van der Waals surface area contributed by atoms with Gasteiger partial charge in [0.25, 0.3) is 10.0 Å². The smallest absolute Gasteiger partial charge is 0.264 e. The minimum atomic E-state index is -3.84. The molecular weight excluding hydrogens is 291 g/mol. The first kappa shape index (κ1) is 15.0. The molecule has 0 N–H and O–H groups in total. The molecule has 0 radical (unpaired) electrons. The average Bonchev–Trinajstić information content (AvgIpc) is 2.47. The van der Waals surface area contributed by atoms with Crippen molar-refractivity contribution in [2.24, 2.45) is 0 Å². The van der Waals surface area contributed by atoms with Crippen molar-refractivity contribution in [3.63, 3.8) is 0 Å². The Balaban J connectivity index is 2.47. The molecule has 6 heteroatoms. The minimum absolute atomic E-state index is 0.122. The summed E-state index contributed by atoms with van der Waals surface area (Å²) in [6, 6.07) is 11.8. The van der Waals surface area contributed by atoms with E-state index in [0.29, 0.717) is 5.69 Å². The topological polar surface area (TPSA) is 61.2 Å². The van der Waals surface area contributed by atoms with Gasteiger partial charge in [0.15, 0.2) is 0 Å². The first-order chi connectivity index (χ1) is 9.86. The molecule has 0 aliphatic rings. The number of rotatable bonds is 3. The monoisotopic (exact) mass is 304 g/mol. The summed E-state index contributed by atoms with van der Waals surface area (Å²) in [5.74, 6) is -0.741.